The highest BCUT2D eigenvalue weighted by Crippen LogP contribution is 2.03. The molecule has 17 heavy (non-hydrogen) atoms. The van der Waals surface area contributed by atoms with Gasteiger partial charge in [0, 0.05) is 12.6 Å². The van der Waals surface area contributed by atoms with Gasteiger partial charge in [-0.05, 0) is 18.2 Å². The van der Waals surface area contributed by atoms with E-state index in [1.807, 2.05) is 0 Å². The molecule has 0 fully saturated rings. The third-order valence-electron chi connectivity index (χ3n) is 2.01. The highest BCUT2D eigenvalue weighted by Gasteiger charge is 2.24. The Labute approximate surface area is 97.2 Å². The Morgan fingerprint density at radius 1 is 1.59 bits per heavy atom. The highest BCUT2D eigenvalue weighted by molar-refractivity contribution is 5.94. The van der Waals surface area contributed by atoms with E-state index in [9.17, 15) is 14.8 Å². The number of furan rings is 1. The molecule has 0 saturated heterocycles. The maximum absolute atomic E-state index is 11.4. The summed E-state index contributed by atoms with van der Waals surface area (Å²) in [6, 6.07) is 2.02. The molecule has 0 aliphatic heterocycles. The number of carbonyl (C=O) groups excluding carboxylic acids is 2. The van der Waals surface area contributed by atoms with E-state index in [1.54, 1.807) is 12.1 Å². The summed E-state index contributed by atoms with van der Waals surface area (Å²) in [4.78, 5) is 22.3. The summed E-state index contributed by atoms with van der Waals surface area (Å²) in [6.45, 7) is -0.258. The Morgan fingerprint density at radius 3 is 2.76 bits per heavy atom. The summed E-state index contributed by atoms with van der Waals surface area (Å²) in [7, 11) is 0. The molecule has 92 valence electrons. The van der Waals surface area contributed by atoms with Crippen molar-refractivity contribution >= 4 is 17.9 Å². The van der Waals surface area contributed by atoms with Gasteiger partial charge >= 0.3 is 0 Å². The van der Waals surface area contributed by atoms with Gasteiger partial charge in [-0.15, -0.1) is 0 Å². The molecule has 5 N–H and O–H groups in total. The third kappa shape index (κ3) is 3.44. The normalized spacial score (nSPS) is 12.6. The first-order valence-electron chi connectivity index (χ1n) is 4.79. The van der Waals surface area contributed by atoms with Crippen LogP contribution in [0.15, 0.2) is 28.9 Å². The highest BCUT2D eigenvalue weighted by atomic mass is 16.5. The molecular formula is C10H13N3O4. The first-order chi connectivity index (χ1) is 8.06. The van der Waals surface area contributed by atoms with Crippen molar-refractivity contribution in [3.05, 3.63) is 30.2 Å². The second kappa shape index (κ2) is 5.83. The molecule has 2 amide bonds. The molecule has 1 aromatic rings. The number of primary amides is 1. The number of amides is 2. The average molecular weight is 239 g/mol. The molecule has 0 unspecified atom stereocenters. The Kier molecular flexibility index (Phi) is 4.44. The Hall–Kier alpha value is -2.12. The minimum atomic E-state index is -1.25. The molecule has 0 spiro atoms. The summed E-state index contributed by atoms with van der Waals surface area (Å²) >= 11 is 0. The van der Waals surface area contributed by atoms with Crippen molar-refractivity contribution in [2.45, 2.75) is 6.04 Å². The molecule has 7 heteroatoms. The molecule has 7 nitrogen and oxygen atoms in total. The van der Waals surface area contributed by atoms with Gasteiger partial charge in [0.1, 0.15) is 11.8 Å². The maximum Gasteiger partial charge on any atom is 0.270 e. The van der Waals surface area contributed by atoms with Crippen LogP contribution in [0.4, 0.5) is 0 Å². The van der Waals surface area contributed by atoms with Crippen molar-refractivity contribution < 1.29 is 19.2 Å². The quantitative estimate of drug-likeness (QED) is 0.357. The van der Waals surface area contributed by atoms with E-state index in [0.717, 1.165) is 6.08 Å². The van der Waals surface area contributed by atoms with Crippen molar-refractivity contribution in [3.63, 3.8) is 0 Å². The van der Waals surface area contributed by atoms with Gasteiger partial charge in [0.2, 0.25) is 5.91 Å². The SMILES string of the molecule is NC[C@@H](C(N)=O)N(O)C(=O)C=Cc1ccco1. The number of nitrogens with two attached hydrogens (primary N) is 2. The average Bonchev–Trinajstić information content (AvgIpc) is 2.78. The lowest BCUT2D eigenvalue weighted by Crippen LogP contribution is -2.49. The largest absolute Gasteiger partial charge is 0.465 e. The van der Waals surface area contributed by atoms with Crippen LogP contribution in [0.25, 0.3) is 6.08 Å². The number of rotatable bonds is 5. The van der Waals surface area contributed by atoms with E-state index in [4.69, 9.17) is 15.9 Å². The fourth-order valence-corrected chi connectivity index (χ4v) is 1.11. The molecule has 0 aliphatic carbocycles. The topological polar surface area (TPSA) is 123 Å². The predicted molar refractivity (Wildman–Crippen MR) is 58.4 cm³/mol. The van der Waals surface area contributed by atoms with Crippen LogP contribution < -0.4 is 11.5 Å². The molecule has 1 aromatic heterocycles. The van der Waals surface area contributed by atoms with Crippen LogP contribution in [0.1, 0.15) is 5.76 Å². The third-order valence-corrected chi connectivity index (χ3v) is 2.01. The molecule has 1 atom stereocenters. The lowest BCUT2D eigenvalue weighted by molar-refractivity contribution is -0.173. The second-order valence-corrected chi connectivity index (χ2v) is 3.19. The van der Waals surface area contributed by atoms with Crippen LogP contribution >= 0.6 is 0 Å². The standard InChI is InChI=1S/C10H13N3O4/c11-6-8(10(12)15)13(16)9(14)4-3-7-2-1-5-17-7/h1-5,8,16H,6,11H2,(H2,12,15)/t8-/m0/s1. The lowest BCUT2D eigenvalue weighted by atomic mass is 10.2. The van der Waals surface area contributed by atoms with Gasteiger partial charge in [-0.1, -0.05) is 0 Å². The summed E-state index contributed by atoms with van der Waals surface area (Å²) in [6.07, 6.45) is 3.83. The summed E-state index contributed by atoms with van der Waals surface area (Å²) in [5.74, 6) is -1.25. The fourth-order valence-electron chi connectivity index (χ4n) is 1.11. The van der Waals surface area contributed by atoms with Gasteiger partial charge < -0.3 is 15.9 Å². The first-order valence-corrected chi connectivity index (χ1v) is 4.79. The molecule has 0 aliphatic rings. The van der Waals surface area contributed by atoms with Crippen LogP contribution in [0.2, 0.25) is 0 Å². The van der Waals surface area contributed by atoms with Gasteiger partial charge in [-0.3, -0.25) is 14.8 Å². The Morgan fingerprint density at radius 2 is 2.29 bits per heavy atom. The first kappa shape index (κ1) is 12.9. The number of hydrogen-bond acceptors (Lipinski definition) is 5. The molecule has 1 heterocycles. The Balaban J connectivity index is 2.66. The minimum Gasteiger partial charge on any atom is -0.465 e. The number of hydroxylamine groups is 2. The van der Waals surface area contributed by atoms with Gasteiger partial charge in [0.15, 0.2) is 0 Å². The fraction of sp³-hybridized carbons (Fsp3) is 0.200. The molecule has 1 rings (SSSR count). The monoisotopic (exact) mass is 239 g/mol. The molecule has 0 radical (unpaired) electrons. The van der Waals surface area contributed by atoms with E-state index in [0.29, 0.717) is 5.76 Å². The molecule has 0 bridgehead atoms. The Bertz CT molecular complexity index is 413. The van der Waals surface area contributed by atoms with E-state index in [1.165, 1.54) is 12.3 Å². The van der Waals surface area contributed by atoms with Crippen molar-refractivity contribution in [3.8, 4) is 0 Å². The van der Waals surface area contributed by atoms with Gasteiger partial charge in [-0.2, -0.15) is 0 Å². The van der Waals surface area contributed by atoms with E-state index >= 15 is 0 Å². The molecule has 0 aromatic carbocycles. The minimum absolute atomic E-state index is 0.196. The zero-order valence-electron chi connectivity index (χ0n) is 8.95. The van der Waals surface area contributed by atoms with Crippen molar-refractivity contribution in [1.29, 1.82) is 0 Å². The van der Waals surface area contributed by atoms with Crippen LogP contribution in [-0.2, 0) is 9.59 Å². The van der Waals surface area contributed by atoms with Crippen molar-refractivity contribution in [2.75, 3.05) is 6.54 Å². The van der Waals surface area contributed by atoms with Crippen molar-refractivity contribution in [2.24, 2.45) is 11.5 Å². The summed E-state index contributed by atoms with van der Waals surface area (Å²) in [5, 5.41) is 9.59. The molecule has 0 saturated carbocycles. The number of hydrogen-bond donors (Lipinski definition) is 3. The summed E-state index contributed by atoms with van der Waals surface area (Å²) < 4.78 is 4.94. The van der Waals surface area contributed by atoms with Gasteiger partial charge in [0.25, 0.3) is 5.91 Å². The zero-order chi connectivity index (χ0) is 12.8. The summed E-state index contributed by atoms with van der Waals surface area (Å²) in [5.41, 5.74) is 10.2. The number of carbonyl (C=O) groups is 2. The van der Waals surface area contributed by atoms with Gasteiger partial charge in [-0.25, -0.2) is 5.06 Å². The van der Waals surface area contributed by atoms with E-state index < -0.39 is 17.9 Å². The van der Waals surface area contributed by atoms with Crippen LogP contribution in [-0.4, -0.2) is 34.7 Å². The zero-order valence-corrected chi connectivity index (χ0v) is 8.95. The van der Waals surface area contributed by atoms with E-state index in [2.05, 4.69) is 0 Å². The predicted octanol–water partition coefficient (Wildman–Crippen LogP) is -0.677. The molecular weight excluding hydrogens is 226 g/mol. The van der Waals surface area contributed by atoms with Crippen LogP contribution in [0.5, 0.6) is 0 Å². The van der Waals surface area contributed by atoms with Crippen molar-refractivity contribution in [1.82, 2.24) is 5.06 Å². The lowest BCUT2D eigenvalue weighted by Gasteiger charge is -2.20. The smallest absolute Gasteiger partial charge is 0.270 e. The van der Waals surface area contributed by atoms with E-state index in [-0.39, 0.29) is 11.6 Å². The second-order valence-electron chi connectivity index (χ2n) is 3.19. The van der Waals surface area contributed by atoms with Gasteiger partial charge in [0.05, 0.1) is 6.26 Å². The maximum atomic E-state index is 11.4. The number of nitrogens with zero attached hydrogens (tertiary/aromatic N) is 1. The van der Waals surface area contributed by atoms with Crippen LogP contribution in [0, 0.1) is 0 Å². The van der Waals surface area contributed by atoms with Crippen LogP contribution in [0.3, 0.4) is 0 Å².